The van der Waals surface area contributed by atoms with Crippen molar-refractivity contribution in [3.05, 3.63) is 35.9 Å². The molecule has 3 nitrogen and oxygen atoms in total. The van der Waals surface area contributed by atoms with Crippen LogP contribution < -0.4 is 5.73 Å². The normalized spacial score (nSPS) is 34.5. The third-order valence-electron chi connectivity index (χ3n) is 6.01. The molecule has 5 rings (SSSR count). The first-order valence-corrected chi connectivity index (χ1v) is 8.79. The Hall–Kier alpha value is -1.35. The second-order valence-electron chi connectivity index (χ2n) is 7.72. The van der Waals surface area contributed by atoms with Gasteiger partial charge in [-0.1, -0.05) is 30.3 Å². The van der Waals surface area contributed by atoms with Crippen LogP contribution in [0.4, 0.5) is 0 Å². The van der Waals surface area contributed by atoms with E-state index >= 15 is 0 Å². The highest BCUT2D eigenvalue weighted by Crippen LogP contribution is 2.47. The van der Waals surface area contributed by atoms with E-state index in [4.69, 9.17) is 5.73 Å². The van der Waals surface area contributed by atoms with Gasteiger partial charge in [-0.3, -0.25) is 4.79 Å². The Balaban J connectivity index is 1.48. The fourth-order valence-corrected chi connectivity index (χ4v) is 5.22. The number of fused-ring (bicyclic) bond motifs is 1. The fraction of sp³-hybridized carbons (Fsp3) is 0.632. The van der Waals surface area contributed by atoms with Gasteiger partial charge in [0.2, 0.25) is 5.91 Å². The summed E-state index contributed by atoms with van der Waals surface area (Å²) >= 11 is 0. The minimum absolute atomic E-state index is 0.182. The summed E-state index contributed by atoms with van der Waals surface area (Å²) in [5, 5.41) is 0. The van der Waals surface area contributed by atoms with E-state index in [1.54, 1.807) is 0 Å². The number of nitrogens with zero attached hydrogens (tertiary/aromatic N) is 1. The summed E-state index contributed by atoms with van der Waals surface area (Å²) in [5.74, 6) is 2.64. The maximum Gasteiger partial charge on any atom is 0.240 e. The molecule has 2 saturated heterocycles. The van der Waals surface area contributed by atoms with E-state index in [-0.39, 0.29) is 5.91 Å². The van der Waals surface area contributed by atoms with Crippen molar-refractivity contribution >= 4 is 5.91 Å². The summed E-state index contributed by atoms with van der Waals surface area (Å²) in [6, 6.07) is 10.2. The minimum atomic E-state index is -0.391. The number of carbonyl (C=O) groups excluding carboxylic acids is 1. The lowest BCUT2D eigenvalue weighted by Crippen LogP contribution is -2.50. The molecule has 4 aliphatic rings. The van der Waals surface area contributed by atoms with Crippen LogP contribution in [0.15, 0.2) is 30.3 Å². The molecule has 2 N–H and O–H groups in total. The van der Waals surface area contributed by atoms with Crippen LogP contribution in [-0.4, -0.2) is 29.4 Å². The monoisotopic (exact) mass is 298 g/mol. The molecule has 3 atom stereocenters. The Bertz CT molecular complexity index is 530. The standard InChI is InChI=1S/C19H26N2O/c20-18(11-13-4-2-1-3-5-13)19(22)21-12-16-7-14-6-15(8-16)10-17(21)9-14/h1-5,14-18H,6-12,20H2/t14?,15?,16?,17?,18-/m0/s1. The van der Waals surface area contributed by atoms with Crippen LogP contribution in [0.2, 0.25) is 0 Å². The van der Waals surface area contributed by atoms with Crippen LogP contribution in [0.3, 0.4) is 0 Å². The Morgan fingerprint density at radius 2 is 1.68 bits per heavy atom. The van der Waals surface area contributed by atoms with Gasteiger partial charge in [-0.2, -0.15) is 0 Å². The van der Waals surface area contributed by atoms with Crippen LogP contribution in [0, 0.1) is 17.8 Å². The number of hydrogen-bond donors (Lipinski definition) is 1. The predicted molar refractivity (Wildman–Crippen MR) is 87.2 cm³/mol. The van der Waals surface area contributed by atoms with Gasteiger partial charge < -0.3 is 10.6 Å². The third-order valence-corrected chi connectivity index (χ3v) is 6.01. The SMILES string of the molecule is N[C@@H](Cc1ccccc1)C(=O)N1CC2CC3CC(C2)CC1C3. The molecule has 1 aromatic carbocycles. The second-order valence-corrected chi connectivity index (χ2v) is 7.72. The van der Waals surface area contributed by atoms with Crippen molar-refractivity contribution in [2.24, 2.45) is 23.5 Å². The molecule has 2 aliphatic heterocycles. The quantitative estimate of drug-likeness (QED) is 0.932. The Labute approximate surface area is 132 Å². The van der Waals surface area contributed by atoms with Gasteiger partial charge in [-0.15, -0.1) is 0 Å². The summed E-state index contributed by atoms with van der Waals surface area (Å²) in [5.41, 5.74) is 7.43. The zero-order valence-electron chi connectivity index (χ0n) is 13.2. The van der Waals surface area contributed by atoms with Crippen LogP contribution in [-0.2, 0) is 11.2 Å². The largest absolute Gasteiger partial charge is 0.338 e. The van der Waals surface area contributed by atoms with Crippen molar-refractivity contribution in [2.75, 3.05) is 6.54 Å². The average Bonchev–Trinajstić information content (AvgIpc) is 2.71. The van der Waals surface area contributed by atoms with Gasteiger partial charge >= 0.3 is 0 Å². The van der Waals surface area contributed by atoms with Crippen molar-refractivity contribution in [2.45, 2.75) is 50.6 Å². The molecule has 2 heterocycles. The number of rotatable bonds is 3. The van der Waals surface area contributed by atoms with Gasteiger partial charge in [0.15, 0.2) is 0 Å². The van der Waals surface area contributed by atoms with E-state index in [1.807, 2.05) is 18.2 Å². The molecule has 0 radical (unpaired) electrons. The summed E-state index contributed by atoms with van der Waals surface area (Å²) in [6.07, 6.45) is 7.18. The molecule has 22 heavy (non-hydrogen) atoms. The van der Waals surface area contributed by atoms with Crippen molar-refractivity contribution < 1.29 is 4.79 Å². The first-order chi connectivity index (χ1) is 10.7. The smallest absolute Gasteiger partial charge is 0.240 e. The van der Waals surface area contributed by atoms with E-state index in [9.17, 15) is 4.79 Å². The third kappa shape index (κ3) is 2.67. The van der Waals surface area contributed by atoms with Crippen molar-refractivity contribution in [1.82, 2.24) is 4.90 Å². The van der Waals surface area contributed by atoms with Crippen LogP contribution >= 0.6 is 0 Å². The van der Waals surface area contributed by atoms with Crippen molar-refractivity contribution in [3.8, 4) is 0 Å². The van der Waals surface area contributed by atoms with Crippen LogP contribution in [0.5, 0.6) is 0 Å². The van der Waals surface area contributed by atoms with Gasteiger partial charge in [0.05, 0.1) is 6.04 Å². The Morgan fingerprint density at radius 3 is 2.36 bits per heavy atom. The molecule has 3 heteroatoms. The maximum absolute atomic E-state index is 12.9. The summed E-state index contributed by atoms with van der Waals surface area (Å²) < 4.78 is 0. The molecule has 2 aliphatic carbocycles. The number of benzene rings is 1. The van der Waals surface area contributed by atoms with Gasteiger partial charge in [0.1, 0.15) is 0 Å². The summed E-state index contributed by atoms with van der Waals surface area (Å²) in [6.45, 7) is 0.957. The highest BCUT2D eigenvalue weighted by Gasteiger charge is 2.44. The molecular weight excluding hydrogens is 272 g/mol. The van der Waals surface area contributed by atoms with Crippen molar-refractivity contribution in [3.63, 3.8) is 0 Å². The fourth-order valence-electron chi connectivity index (χ4n) is 5.22. The minimum Gasteiger partial charge on any atom is -0.338 e. The molecule has 2 saturated carbocycles. The van der Waals surface area contributed by atoms with E-state index in [1.165, 1.54) is 32.1 Å². The van der Waals surface area contributed by atoms with E-state index in [2.05, 4.69) is 17.0 Å². The lowest BCUT2D eigenvalue weighted by Gasteiger charge is -2.39. The number of hydrogen-bond acceptors (Lipinski definition) is 2. The van der Waals surface area contributed by atoms with Gasteiger partial charge in [-0.05, 0) is 61.8 Å². The molecule has 0 aromatic heterocycles. The number of amides is 1. The molecule has 1 aromatic rings. The van der Waals surface area contributed by atoms with Crippen LogP contribution in [0.25, 0.3) is 0 Å². The van der Waals surface area contributed by atoms with Crippen molar-refractivity contribution in [1.29, 1.82) is 0 Å². The summed E-state index contributed by atoms with van der Waals surface area (Å²) in [7, 11) is 0. The molecule has 0 spiro atoms. The van der Waals surface area contributed by atoms with E-state index < -0.39 is 6.04 Å². The highest BCUT2D eigenvalue weighted by molar-refractivity contribution is 5.82. The van der Waals surface area contributed by atoms with E-state index in [0.717, 1.165) is 29.9 Å². The Morgan fingerprint density at radius 1 is 1.05 bits per heavy atom. The van der Waals surface area contributed by atoms with Gasteiger partial charge in [-0.25, -0.2) is 0 Å². The predicted octanol–water partition coefficient (Wildman–Crippen LogP) is 2.59. The maximum atomic E-state index is 12.9. The second kappa shape index (κ2) is 5.69. The van der Waals surface area contributed by atoms with Crippen LogP contribution in [0.1, 0.15) is 37.7 Å². The summed E-state index contributed by atoms with van der Waals surface area (Å²) in [4.78, 5) is 15.1. The first-order valence-electron chi connectivity index (χ1n) is 8.79. The first kappa shape index (κ1) is 14.3. The molecule has 1 amide bonds. The van der Waals surface area contributed by atoms with E-state index in [0.29, 0.717) is 12.5 Å². The molecule has 4 fully saturated rings. The lowest BCUT2D eigenvalue weighted by atomic mass is 9.68. The molecule has 2 unspecified atom stereocenters. The average molecular weight is 298 g/mol. The topological polar surface area (TPSA) is 46.3 Å². The molecule has 4 bridgehead atoms. The number of carbonyl (C=O) groups is 1. The molecule has 118 valence electrons. The zero-order chi connectivity index (χ0) is 15.1. The van der Waals surface area contributed by atoms with Gasteiger partial charge in [0, 0.05) is 12.6 Å². The number of nitrogens with two attached hydrogens (primary N) is 1. The molecular formula is C19H26N2O. The Kier molecular flexibility index (Phi) is 3.69. The highest BCUT2D eigenvalue weighted by atomic mass is 16.2. The lowest BCUT2D eigenvalue weighted by molar-refractivity contribution is -0.135. The zero-order valence-corrected chi connectivity index (χ0v) is 13.2. The van der Waals surface area contributed by atoms with Gasteiger partial charge in [0.25, 0.3) is 0 Å².